The van der Waals surface area contributed by atoms with Crippen molar-refractivity contribution < 1.29 is 0 Å². The average molecular weight is 581 g/mol. The third kappa shape index (κ3) is 3.64. The van der Waals surface area contributed by atoms with Crippen LogP contribution in [0.3, 0.4) is 0 Å². The molecule has 0 atom stereocenters. The van der Waals surface area contributed by atoms with Gasteiger partial charge in [-0.1, -0.05) is 60.3 Å². The second-order valence-corrected chi connectivity index (χ2v) is 14.5. The molecule has 40 heavy (non-hydrogen) atoms. The van der Waals surface area contributed by atoms with Crippen LogP contribution < -0.4 is 0 Å². The molecule has 0 nitrogen and oxygen atoms in total. The van der Waals surface area contributed by atoms with Crippen LogP contribution in [0.1, 0.15) is 0 Å². The predicted octanol–water partition coefficient (Wildman–Crippen LogP) is 12.6. The molecular weight excluding hydrogens is 561 g/mol. The summed E-state index contributed by atoms with van der Waals surface area (Å²) in [6, 6.07) is 45.2. The van der Waals surface area contributed by atoms with Gasteiger partial charge in [-0.25, -0.2) is 0 Å². The maximum absolute atomic E-state index is 2.39. The standard InChI is InChI=1S/C36H20S4/c1-3-7-31-25(5-1)27-17-21(9-13-33(27)38-31)22-10-14-34-28(18-22)30-20-24(12-16-36(30)40-34)37-23-11-15-35-29(19-23)26-6-2-4-8-32(26)39-35/h1-20H. The van der Waals surface area contributed by atoms with E-state index in [-0.39, 0.29) is 0 Å². The maximum atomic E-state index is 2.39. The molecule has 9 rings (SSSR count). The summed E-state index contributed by atoms with van der Waals surface area (Å²) < 4.78 is 8.09. The molecule has 0 bridgehead atoms. The minimum atomic E-state index is 1.28. The lowest BCUT2D eigenvalue weighted by Crippen LogP contribution is -1.78. The lowest BCUT2D eigenvalue weighted by Gasteiger charge is -2.05. The summed E-state index contributed by atoms with van der Waals surface area (Å²) in [4.78, 5) is 2.56. The first-order valence-electron chi connectivity index (χ1n) is 13.2. The Kier molecular flexibility index (Phi) is 5.14. The molecule has 4 heteroatoms. The summed E-state index contributed by atoms with van der Waals surface area (Å²) in [7, 11) is 0. The van der Waals surface area contributed by atoms with Gasteiger partial charge in [0.1, 0.15) is 0 Å². The number of fused-ring (bicyclic) bond motifs is 9. The second-order valence-electron chi connectivity index (χ2n) is 10.1. The van der Waals surface area contributed by atoms with Crippen molar-refractivity contribution in [2.24, 2.45) is 0 Å². The largest absolute Gasteiger partial charge is 0.135 e. The summed E-state index contributed by atoms with van der Waals surface area (Å²) in [5.74, 6) is 0. The van der Waals surface area contributed by atoms with E-state index in [0.29, 0.717) is 0 Å². The van der Waals surface area contributed by atoms with Crippen LogP contribution in [0.15, 0.2) is 131 Å². The van der Waals surface area contributed by atoms with E-state index in [1.165, 1.54) is 81.4 Å². The van der Waals surface area contributed by atoms with Gasteiger partial charge in [-0.15, -0.1) is 34.0 Å². The minimum absolute atomic E-state index is 1.28. The minimum Gasteiger partial charge on any atom is -0.135 e. The number of hydrogen-bond donors (Lipinski definition) is 0. The van der Waals surface area contributed by atoms with E-state index in [1.54, 1.807) is 0 Å². The quantitative estimate of drug-likeness (QED) is 0.200. The Bertz CT molecular complexity index is 2420. The van der Waals surface area contributed by atoms with E-state index in [4.69, 9.17) is 0 Å². The highest BCUT2D eigenvalue weighted by molar-refractivity contribution is 7.99. The van der Waals surface area contributed by atoms with Crippen molar-refractivity contribution in [3.8, 4) is 11.1 Å². The zero-order valence-corrected chi connectivity index (χ0v) is 24.4. The zero-order chi connectivity index (χ0) is 26.2. The van der Waals surface area contributed by atoms with Crippen molar-refractivity contribution in [1.82, 2.24) is 0 Å². The molecule has 0 radical (unpaired) electrons. The molecule has 9 aromatic rings. The van der Waals surface area contributed by atoms with Gasteiger partial charge in [-0.05, 0) is 83.9 Å². The smallest absolute Gasteiger partial charge is 0.0356 e. The monoisotopic (exact) mass is 580 g/mol. The molecule has 0 N–H and O–H groups in total. The van der Waals surface area contributed by atoms with Gasteiger partial charge in [-0.2, -0.15) is 0 Å². The Balaban J connectivity index is 1.13. The highest BCUT2D eigenvalue weighted by Crippen LogP contribution is 2.42. The fraction of sp³-hybridized carbons (Fsp3) is 0. The SMILES string of the molecule is c1ccc2c(c1)sc1ccc(Sc3ccc4sc5ccc(-c6ccc7sc8ccccc8c7c6)cc5c4c3)cc12. The number of benzene rings is 6. The van der Waals surface area contributed by atoms with Crippen LogP contribution in [0.2, 0.25) is 0 Å². The van der Waals surface area contributed by atoms with Crippen LogP contribution in [0.25, 0.3) is 71.6 Å². The normalized spacial score (nSPS) is 12.1. The summed E-state index contributed by atoms with van der Waals surface area (Å²) in [5, 5.41) is 8.09. The molecule has 0 saturated heterocycles. The van der Waals surface area contributed by atoms with Gasteiger partial charge in [0.25, 0.3) is 0 Å². The first-order chi connectivity index (χ1) is 19.8. The number of thiophene rings is 3. The van der Waals surface area contributed by atoms with Crippen molar-refractivity contribution in [3.63, 3.8) is 0 Å². The Hall–Kier alpha value is -3.67. The van der Waals surface area contributed by atoms with Gasteiger partial charge in [0.15, 0.2) is 0 Å². The summed E-state index contributed by atoms with van der Waals surface area (Å²) in [5.41, 5.74) is 2.55. The molecule has 0 aliphatic rings. The summed E-state index contributed by atoms with van der Waals surface area (Å²) in [6.07, 6.45) is 0. The lowest BCUT2D eigenvalue weighted by atomic mass is 10.0. The van der Waals surface area contributed by atoms with Crippen molar-refractivity contribution in [1.29, 1.82) is 0 Å². The third-order valence-corrected chi connectivity index (χ3v) is 12.2. The van der Waals surface area contributed by atoms with E-state index in [1.807, 2.05) is 45.8 Å². The molecule has 0 aliphatic heterocycles. The highest BCUT2D eigenvalue weighted by Gasteiger charge is 2.12. The summed E-state index contributed by atoms with van der Waals surface area (Å²) in [6.45, 7) is 0. The van der Waals surface area contributed by atoms with Crippen LogP contribution in [0.4, 0.5) is 0 Å². The van der Waals surface area contributed by atoms with Gasteiger partial charge >= 0.3 is 0 Å². The molecule has 0 unspecified atom stereocenters. The van der Waals surface area contributed by atoms with Crippen molar-refractivity contribution >= 4 is 106 Å². The molecule has 188 valence electrons. The van der Waals surface area contributed by atoms with Gasteiger partial charge in [0, 0.05) is 70.3 Å². The van der Waals surface area contributed by atoms with Gasteiger partial charge in [0.2, 0.25) is 0 Å². The molecule has 3 heterocycles. The maximum Gasteiger partial charge on any atom is 0.0356 e. The number of rotatable bonds is 3. The van der Waals surface area contributed by atoms with Gasteiger partial charge < -0.3 is 0 Å². The van der Waals surface area contributed by atoms with E-state index < -0.39 is 0 Å². The van der Waals surface area contributed by atoms with Gasteiger partial charge in [0.05, 0.1) is 0 Å². The lowest BCUT2D eigenvalue weighted by molar-refractivity contribution is 1.46. The summed E-state index contributed by atoms with van der Waals surface area (Å²) >= 11 is 7.49. The Morgan fingerprint density at radius 1 is 0.325 bits per heavy atom. The Morgan fingerprint density at radius 2 is 0.700 bits per heavy atom. The topological polar surface area (TPSA) is 0 Å². The van der Waals surface area contributed by atoms with Crippen LogP contribution in [0.5, 0.6) is 0 Å². The van der Waals surface area contributed by atoms with Crippen LogP contribution in [-0.2, 0) is 0 Å². The fourth-order valence-electron chi connectivity index (χ4n) is 5.81. The van der Waals surface area contributed by atoms with Crippen molar-refractivity contribution in [2.75, 3.05) is 0 Å². The Morgan fingerprint density at radius 3 is 1.23 bits per heavy atom. The first-order valence-corrected chi connectivity index (χ1v) is 16.5. The number of hydrogen-bond acceptors (Lipinski definition) is 4. The zero-order valence-electron chi connectivity index (χ0n) is 21.2. The molecule has 0 amide bonds. The van der Waals surface area contributed by atoms with Crippen LogP contribution in [-0.4, -0.2) is 0 Å². The molecule has 0 saturated carbocycles. The molecule has 0 aliphatic carbocycles. The molecule has 6 aromatic carbocycles. The fourth-order valence-corrected chi connectivity index (χ4v) is 9.95. The van der Waals surface area contributed by atoms with E-state index in [2.05, 4.69) is 121 Å². The molecular formula is C36H20S4. The first kappa shape index (κ1) is 23.1. The average Bonchev–Trinajstić information content (AvgIpc) is 3.67. The third-order valence-electron chi connectivity index (χ3n) is 7.73. The van der Waals surface area contributed by atoms with E-state index in [0.717, 1.165) is 0 Å². The molecule has 3 aromatic heterocycles. The van der Waals surface area contributed by atoms with E-state index in [9.17, 15) is 0 Å². The van der Waals surface area contributed by atoms with Gasteiger partial charge in [-0.3, -0.25) is 0 Å². The second kappa shape index (κ2) is 8.92. The molecule has 0 spiro atoms. The Labute approximate surface area is 247 Å². The van der Waals surface area contributed by atoms with Crippen molar-refractivity contribution in [2.45, 2.75) is 9.79 Å². The predicted molar refractivity (Wildman–Crippen MR) is 181 cm³/mol. The molecule has 0 fully saturated rings. The van der Waals surface area contributed by atoms with Crippen molar-refractivity contribution in [3.05, 3.63) is 121 Å². The van der Waals surface area contributed by atoms with Crippen LogP contribution in [0, 0.1) is 0 Å². The van der Waals surface area contributed by atoms with E-state index >= 15 is 0 Å². The highest BCUT2D eigenvalue weighted by atomic mass is 32.2. The van der Waals surface area contributed by atoms with Crippen LogP contribution >= 0.6 is 45.8 Å².